The van der Waals surface area contributed by atoms with Crippen LogP contribution in [-0.2, 0) is 0 Å². The van der Waals surface area contributed by atoms with Crippen molar-refractivity contribution in [1.82, 2.24) is 0 Å². The predicted octanol–water partition coefficient (Wildman–Crippen LogP) is 2.99. The van der Waals surface area contributed by atoms with Gasteiger partial charge in [-0.1, -0.05) is 38.5 Å². The first-order valence-corrected chi connectivity index (χ1v) is 5.91. The molecule has 0 aliphatic carbocycles. The third-order valence-corrected chi connectivity index (χ3v) is 2.46. The van der Waals surface area contributed by atoms with Crippen LogP contribution < -0.4 is 11.1 Å². The Morgan fingerprint density at radius 3 is 2.56 bits per heavy atom. The van der Waals surface area contributed by atoms with Gasteiger partial charge in [0.25, 0.3) is 0 Å². The maximum absolute atomic E-state index is 5.85. The van der Waals surface area contributed by atoms with E-state index in [2.05, 4.69) is 24.2 Å². The SMILES string of the molecule is CCCC(CC)N=C(N)Nc1ccccc1. The lowest BCUT2D eigenvalue weighted by atomic mass is 10.1. The van der Waals surface area contributed by atoms with Gasteiger partial charge in [0.15, 0.2) is 5.96 Å². The van der Waals surface area contributed by atoms with E-state index in [1.165, 1.54) is 0 Å². The number of para-hydroxylation sites is 1. The summed E-state index contributed by atoms with van der Waals surface area (Å²) in [4.78, 5) is 4.46. The summed E-state index contributed by atoms with van der Waals surface area (Å²) in [7, 11) is 0. The molecule has 0 bridgehead atoms. The van der Waals surface area contributed by atoms with Gasteiger partial charge in [0.2, 0.25) is 0 Å². The minimum absolute atomic E-state index is 0.334. The van der Waals surface area contributed by atoms with Crippen LogP contribution in [0.5, 0.6) is 0 Å². The summed E-state index contributed by atoms with van der Waals surface area (Å²) in [5.41, 5.74) is 6.83. The lowest BCUT2D eigenvalue weighted by molar-refractivity contribution is 0.588. The van der Waals surface area contributed by atoms with Crippen LogP contribution in [0.3, 0.4) is 0 Å². The predicted molar refractivity (Wildman–Crippen MR) is 70.7 cm³/mol. The molecule has 0 radical (unpaired) electrons. The van der Waals surface area contributed by atoms with Crippen LogP contribution in [0.1, 0.15) is 33.1 Å². The fraction of sp³-hybridized carbons (Fsp3) is 0.462. The zero-order valence-electron chi connectivity index (χ0n) is 10.1. The molecule has 0 spiro atoms. The topological polar surface area (TPSA) is 50.4 Å². The van der Waals surface area contributed by atoms with Gasteiger partial charge in [-0.25, -0.2) is 4.99 Å². The lowest BCUT2D eigenvalue weighted by Gasteiger charge is -2.11. The van der Waals surface area contributed by atoms with Crippen molar-refractivity contribution in [2.24, 2.45) is 10.7 Å². The van der Waals surface area contributed by atoms with E-state index < -0.39 is 0 Å². The van der Waals surface area contributed by atoms with E-state index in [-0.39, 0.29) is 0 Å². The second-order valence-electron chi connectivity index (χ2n) is 3.86. The molecule has 3 N–H and O–H groups in total. The second-order valence-corrected chi connectivity index (χ2v) is 3.86. The van der Waals surface area contributed by atoms with Crippen molar-refractivity contribution < 1.29 is 0 Å². The largest absolute Gasteiger partial charge is 0.370 e. The molecular formula is C13H21N3. The number of aliphatic imine (C=N–C) groups is 1. The van der Waals surface area contributed by atoms with Crippen LogP contribution in [0.4, 0.5) is 5.69 Å². The van der Waals surface area contributed by atoms with Gasteiger partial charge in [0.1, 0.15) is 0 Å². The highest BCUT2D eigenvalue weighted by molar-refractivity contribution is 5.92. The molecular weight excluding hydrogens is 198 g/mol. The minimum Gasteiger partial charge on any atom is -0.370 e. The summed E-state index contributed by atoms with van der Waals surface area (Å²) in [6.07, 6.45) is 3.26. The molecule has 3 heteroatoms. The van der Waals surface area contributed by atoms with Gasteiger partial charge in [0, 0.05) is 5.69 Å². The van der Waals surface area contributed by atoms with Crippen molar-refractivity contribution in [3.05, 3.63) is 30.3 Å². The van der Waals surface area contributed by atoms with Gasteiger partial charge >= 0.3 is 0 Å². The van der Waals surface area contributed by atoms with Crippen molar-refractivity contribution in [3.8, 4) is 0 Å². The zero-order valence-corrected chi connectivity index (χ0v) is 10.1. The van der Waals surface area contributed by atoms with Crippen molar-refractivity contribution in [1.29, 1.82) is 0 Å². The first-order chi connectivity index (χ1) is 7.76. The number of benzene rings is 1. The van der Waals surface area contributed by atoms with Crippen LogP contribution in [0, 0.1) is 0 Å². The quantitative estimate of drug-likeness (QED) is 0.591. The third-order valence-electron chi connectivity index (χ3n) is 2.46. The maximum atomic E-state index is 5.85. The van der Waals surface area contributed by atoms with Gasteiger partial charge in [-0.15, -0.1) is 0 Å². The van der Waals surface area contributed by atoms with Crippen molar-refractivity contribution >= 4 is 11.6 Å². The summed E-state index contributed by atoms with van der Waals surface area (Å²) < 4.78 is 0. The van der Waals surface area contributed by atoms with Gasteiger partial charge < -0.3 is 11.1 Å². The summed E-state index contributed by atoms with van der Waals surface area (Å²) >= 11 is 0. The average molecular weight is 219 g/mol. The van der Waals surface area contributed by atoms with Crippen LogP contribution in [0.15, 0.2) is 35.3 Å². The van der Waals surface area contributed by atoms with E-state index in [0.717, 1.165) is 24.9 Å². The van der Waals surface area contributed by atoms with E-state index in [9.17, 15) is 0 Å². The Morgan fingerprint density at radius 1 is 1.31 bits per heavy atom. The van der Waals surface area contributed by atoms with Gasteiger partial charge in [0.05, 0.1) is 6.04 Å². The molecule has 0 aromatic heterocycles. The number of hydrogen-bond acceptors (Lipinski definition) is 1. The standard InChI is InChI=1S/C13H21N3/c1-3-8-11(4-2)15-13(14)16-12-9-6-5-7-10-12/h5-7,9-11H,3-4,8H2,1-2H3,(H3,14,15,16). The van der Waals surface area contributed by atoms with E-state index in [1.54, 1.807) is 0 Å². The van der Waals surface area contributed by atoms with Crippen molar-refractivity contribution in [3.63, 3.8) is 0 Å². The van der Waals surface area contributed by atoms with E-state index >= 15 is 0 Å². The van der Waals surface area contributed by atoms with Crippen LogP contribution in [0.25, 0.3) is 0 Å². The van der Waals surface area contributed by atoms with Crippen LogP contribution in [-0.4, -0.2) is 12.0 Å². The zero-order chi connectivity index (χ0) is 11.8. The number of rotatable bonds is 5. The number of nitrogens with zero attached hydrogens (tertiary/aromatic N) is 1. The fourth-order valence-corrected chi connectivity index (χ4v) is 1.59. The molecule has 0 aliphatic heterocycles. The number of guanidine groups is 1. The van der Waals surface area contributed by atoms with Gasteiger partial charge in [-0.3, -0.25) is 0 Å². The molecule has 0 amide bonds. The van der Waals surface area contributed by atoms with Crippen molar-refractivity contribution in [2.45, 2.75) is 39.2 Å². The van der Waals surface area contributed by atoms with Gasteiger partial charge in [-0.05, 0) is 25.0 Å². The van der Waals surface area contributed by atoms with E-state index in [0.29, 0.717) is 12.0 Å². The molecule has 88 valence electrons. The smallest absolute Gasteiger partial charge is 0.193 e. The Hall–Kier alpha value is -1.51. The Bertz CT molecular complexity index is 319. The van der Waals surface area contributed by atoms with Crippen LogP contribution in [0.2, 0.25) is 0 Å². The molecule has 3 nitrogen and oxygen atoms in total. The molecule has 0 saturated heterocycles. The van der Waals surface area contributed by atoms with Crippen molar-refractivity contribution in [2.75, 3.05) is 5.32 Å². The highest BCUT2D eigenvalue weighted by Gasteiger charge is 2.03. The number of nitrogens with one attached hydrogen (secondary N) is 1. The first kappa shape index (κ1) is 12.6. The number of hydrogen-bond donors (Lipinski definition) is 2. The second kappa shape index (κ2) is 6.88. The van der Waals surface area contributed by atoms with E-state index in [4.69, 9.17) is 5.73 Å². The summed E-state index contributed by atoms with van der Waals surface area (Å²) in [6.45, 7) is 4.30. The molecule has 1 rings (SSSR count). The molecule has 1 atom stereocenters. The summed E-state index contributed by atoms with van der Waals surface area (Å²) in [5, 5.41) is 3.09. The molecule has 0 fully saturated rings. The molecule has 0 heterocycles. The van der Waals surface area contributed by atoms with Crippen LogP contribution >= 0.6 is 0 Å². The highest BCUT2D eigenvalue weighted by atomic mass is 15.1. The molecule has 1 aromatic rings. The normalized spacial score (nSPS) is 13.5. The lowest BCUT2D eigenvalue weighted by Crippen LogP contribution is -2.25. The summed E-state index contributed by atoms with van der Waals surface area (Å²) in [6, 6.07) is 10.2. The van der Waals surface area contributed by atoms with Gasteiger partial charge in [-0.2, -0.15) is 0 Å². The van der Waals surface area contributed by atoms with E-state index in [1.807, 2.05) is 30.3 Å². The molecule has 1 aromatic carbocycles. The Morgan fingerprint density at radius 2 is 2.00 bits per heavy atom. The maximum Gasteiger partial charge on any atom is 0.193 e. The monoisotopic (exact) mass is 219 g/mol. The number of anilines is 1. The minimum atomic E-state index is 0.334. The Labute approximate surface area is 97.8 Å². The number of nitrogens with two attached hydrogens (primary N) is 1. The Kier molecular flexibility index (Phi) is 5.40. The summed E-state index contributed by atoms with van der Waals surface area (Å²) in [5.74, 6) is 0.506. The molecule has 16 heavy (non-hydrogen) atoms. The third kappa shape index (κ3) is 4.34. The molecule has 1 unspecified atom stereocenters. The molecule has 0 aliphatic rings. The fourth-order valence-electron chi connectivity index (χ4n) is 1.59. The first-order valence-electron chi connectivity index (χ1n) is 5.91. The molecule has 0 saturated carbocycles. The highest BCUT2D eigenvalue weighted by Crippen LogP contribution is 2.08. The average Bonchev–Trinajstić information content (AvgIpc) is 2.29. The Balaban J connectivity index is 2.56.